The maximum Gasteiger partial charge on any atom is 0.547 e. The molecule has 3 rings (SSSR count). The topological polar surface area (TPSA) is 199 Å². The second kappa shape index (κ2) is 11.0. The largest absolute Gasteiger partial charge is 0.547 e. The Morgan fingerprint density at radius 3 is 2.59 bits per heavy atom. The Labute approximate surface area is 200 Å². The minimum absolute atomic E-state index is 0.0331. The molecule has 0 aliphatic carbocycles. The lowest BCUT2D eigenvalue weighted by atomic mass is 9.72. The Balaban J connectivity index is 0.00000199. The first-order chi connectivity index (χ1) is 16.0. The number of carbonyl (C=O) groups is 3. The number of carboxylic acids is 1. The molecule has 0 bridgehead atoms. The fraction of sp³-hybridized carbons (Fsp3) is 0.350. The third-order valence-corrected chi connectivity index (χ3v) is 5.28. The number of aromatic carboxylic acids is 1. The number of anilines is 1. The zero-order chi connectivity index (χ0) is 25.6. The van der Waals surface area contributed by atoms with E-state index >= 15 is 0 Å². The normalized spacial score (nSPS) is 15.3. The van der Waals surface area contributed by atoms with Crippen LogP contribution in [0.1, 0.15) is 49.3 Å². The summed E-state index contributed by atoms with van der Waals surface area (Å²) in [5.74, 6) is -3.71. The summed E-state index contributed by atoms with van der Waals surface area (Å²) in [5.41, 5.74) is 9.57. The van der Waals surface area contributed by atoms with Gasteiger partial charge in [-0.2, -0.15) is 0 Å². The summed E-state index contributed by atoms with van der Waals surface area (Å²) in [7, 11) is -1.53. The molecule has 2 aromatic rings. The minimum Gasteiger partial charge on any atom is -0.534 e. The van der Waals surface area contributed by atoms with E-state index in [2.05, 4.69) is 15.5 Å². The number of hydrogen-bond acceptors (Lipinski definition) is 10. The van der Waals surface area contributed by atoms with Gasteiger partial charge in [0.05, 0.1) is 11.5 Å². The maximum atomic E-state index is 13.0. The second-order valence-corrected chi connectivity index (χ2v) is 8.26. The summed E-state index contributed by atoms with van der Waals surface area (Å²) >= 11 is 1.06. The minimum atomic E-state index is -1.53. The molecule has 2 amide bonds. The van der Waals surface area contributed by atoms with E-state index in [0.717, 1.165) is 11.3 Å². The molecule has 0 fully saturated rings. The number of oxime groups is 1. The number of thiazole rings is 1. The number of primary amides is 1. The Bertz CT molecular complexity index is 1100. The molecule has 1 unspecified atom stereocenters. The molecule has 12 nitrogen and oxygen atoms in total. The molecule has 0 saturated heterocycles. The number of aromatic nitrogens is 1. The van der Waals surface area contributed by atoms with Gasteiger partial charge in [-0.05, 0) is 31.9 Å². The van der Waals surface area contributed by atoms with Crippen molar-refractivity contribution in [3.05, 3.63) is 40.4 Å². The van der Waals surface area contributed by atoms with E-state index in [4.69, 9.17) is 21.0 Å². The van der Waals surface area contributed by atoms with Crippen LogP contribution in [0.15, 0.2) is 28.7 Å². The third kappa shape index (κ3) is 6.02. The number of benzene rings is 1. The number of amides is 2. The van der Waals surface area contributed by atoms with Crippen molar-refractivity contribution in [2.24, 2.45) is 10.9 Å². The lowest BCUT2D eigenvalue weighted by molar-refractivity contribution is -0.139. The molecule has 0 radical (unpaired) electrons. The van der Waals surface area contributed by atoms with Gasteiger partial charge < -0.3 is 36.4 Å². The standard InChI is InChI=1S/C18H20BN5O7S.C2H6/c1-18(2,16(20)28)31-24-12(10-7-32-17(21)22-10)14(25)23-11-6-8-4-3-5-9(15(26)27)13(8)30-19(11)29;1-2/h3-5,7,11,29H,6H2,1-2H3,(H2,20,28)(H2,21,22)(H,23,25)(H,26,27);1-2H3/b24-12-;. The van der Waals surface area contributed by atoms with Crippen molar-refractivity contribution in [1.29, 1.82) is 0 Å². The predicted octanol–water partition coefficient (Wildman–Crippen LogP) is 0.574. The summed E-state index contributed by atoms with van der Waals surface area (Å²) in [4.78, 5) is 45.0. The van der Waals surface area contributed by atoms with Crippen molar-refractivity contribution in [3.63, 3.8) is 0 Å². The maximum absolute atomic E-state index is 13.0. The van der Waals surface area contributed by atoms with Crippen molar-refractivity contribution in [1.82, 2.24) is 10.3 Å². The van der Waals surface area contributed by atoms with Crippen LogP contribution in [0.5, 0.6) is 5.75 Å². The molecular formula is C20H26BN5O7S. The number of para-hydroxylation sites is 1. The van der Waals surface area contributed by atoms with Crippen LogP contribution >= 0.6 is 11.3 Å². The molecule has 1 atom stereocenters. The van der Waals surface area contributed by atoms with Crippen LogP contribution in [0.25, 0.3) is 0 Å². The van der Waals surface area contributed by atoms with Crippen LogP contribution in [0.3, 0.4) is 0 Å². The molecule has 34 heavy (non-hydrogen) atoms. The summed E-state index contributed by atoms with van der Waals surface area (Å²) in [6, 6.07) is 4.51. The van der Waals surface area contributed by atoms with Crippen molar-refractivity contribution < 1.29 is 34.0 Å². The lowest BCUT2D eigenvalue weighted by Gasteiger charge is -2.29. The lowest BCUT2D eigenvalue weighted by Crippen LogP contribution is -2.54. The van der Waals surface area contributed by atoms with Gasteiger partial charge in [0.1, 0.15) is 11.4 Å². The number of rotatable bonds is 7. The van der Waals surface area contributed by atoms with Gasteiger partial charge in [0.2, 0.25) is 5.60 Å². The zero-order valence-corrected chi connectivity index (χ0v) is 19.9. The highest BCUT2D eigenvalue weighted by Crippen LogP contribution is 2.30. The first-order valence-corrected chi connectivity index (χ1v) is 11.2. The Hall–Kier alpha value is -3.65. The zero-order valence-electron chi connectivity index (χ0n) is 19.1. The van der Waals surface area contributed by atoms with Gasteiger partial charge in [-0.15, -0.1) is 11.3 Å². The molecule has 1 aromatic heterocycles. The molecule has 182 valence electrons. The molecule has 1 aliphatic heterocycles. The summed E-state index contributed by atoms with van der Waals surface area (Å²) in [6.45, 7) is 6.75. The molecule has 7 N–H and O–H groups in total. The number of nitrogens with one attached hydrogen (secondary N) is 1. The van der Waals surface area contributed by atoms with Crippen molar-refractivity contribution >= 4 is 47.1 Å². The molecule has 14 heteroatoms. The average molecular weight is 491 g/mol. The Morgan fingerprint density at radius 2 is 2.03 bits per heavy atom. The van der Waals surface area contributed by atoms with Gasteiger partial charge in [-0.1, -0.05) is 31.1 Å². The Morgan fingerprint density at radius 1 is 1.35 bits per heavy atom. The monoisotopic (exact) mass is 491 g/mol. The van der Waals surface area contributed by atoms with Crippen molar-refractivity contribution in [2.45, 2.75) is 45.7 Å². The van der Waals surface area contributed by atoms with Crippen LogP contribution in [0, 0.1) is 0 Å². The SMILES string of the molecule is CC.CC(C)(O/N=C(\C(=O)NC1Cc2cccc(C(=O)O)c2OB1O)c1csc(N)n1)C(N)=O. The summed E-state index contributed by atoms with van der Waals surface area (Å²) in [5, 5.41) is 27.6. The average Bonchev–Trinajstić information content (AvgIpc) is 3.21. The number of nitrogens with zero attached hydrogens (tertiary/aromatic N) is 2. The van der Waals surface area contributed by atoms with E-state index in [1.807, 2.05) is 13.8 Å². The quantitative estimate of drug-likeness (QED) is 0.209. The van der Waals surface area contributed by atoms with Crippen LogP contribution in [-0.2, 0) is 20.8 Å². The summed E-state index contributed by atoms with van der Waals surface area (Å²) < 4.78 is 5.37. The van der Waals surface area contributed by atoms with E-state index in [9.17, 15) is 24.5 Å². The number of carbonyl (C=O) groups excluding carboxylic acids is 2. The highest BCUT2D eigenvalue weighted by Gasteiger charge is 2.39. The Kier molecular flexibility index (Phi) is 8.60. The third-order valence-electron chi connectivity index (χ3n) is 4.60. The van der Waals surface area contributed by atoms with Crippen LogP contribution in [0.4, 0.5) is 5.13 Å². The smallest absolute Gasteiger partial charge is 0.534 e. The van der Waals surface area contributed by atoms with Gasteiger partial charge in [-0.3, -0.25) is 9.59 Å². The highest BCUT2D eigenvalue weighted by atomic mass is 32.1. The number of nitrogen functional groups attached to an aromatic ring is 1. The van der Waals surface area contributed by atoms with E-state index < -0.39 is 36.4 Å². The van der Waals surface area contributed by atoms with E-state index in [1.54, 1.807) is 6.07 Å². The molecule has 0 spiro atoms. The first kappa shape index (κ1) is 26.6. The number of nitrogens with two attached hydrogens (primary N) is 2. The molecule has 1 aliphatic rings. The highest BCUT2D eigenvalue weighted by molar-refractivity contribution is 7.13. The molecule has 0 saturated carbocycles. The van der Waals surface area contributed by atoms with Gasteiger partial charge in [0.25, 0.3) is 11.8 Å². The van der Waals surface area contributed by atoms with Crippen LogP contribution in [0.2, 0.25) is 0 Å². The number of carboxylic acid groups (broad SMARTS) is 1. The van der Waals surface area contributed by atoms with Gasteiger partial charge in [-0.25, -0.2) is 9.78 Å². The first-order valence-electron chi connectivity index (χ1n) is 10.3. The number of hydrogen-bond donors (Lipinski definition) is 5. The van der Waals surface area contributed by atoms with Gasteiger partial charge in [0, 0.05) is 5.38 Å². The fourth-order valence-electron chi connectivity index (χ4n) is 2.76. The van der Waals surface area contributed by atoms with Gasteiger partial charge in [0.15, 0.2) is 10.8 Å². The molecule has 1 aromatic carbocycles. The van der Waals surface area contributed by atoms with Crippen LogP contribution < -0.4 is 21.4 Å². The predicted molar refractivity (Wildman–Crippen MR) is 126 cm³/mol. The van der Waals surface area contributed by atoms with Crippen molar-refractivity contribution in [3.8, 4) is 5.75 Å². The molecule has 2 heterocycles. The van der Waals surface area contributed by atoms with Crippen molar-refractivity contribution in [2.75, 3.05) is 5.73 Å². The number of fused-ring (bicyclic) bond motifs is 1. The van der Waals surface area contributed by atoms with Gasteiger partial charge >= 0.3 is 13.1 Å². The second-order valence-electron chi connectivity index (χ2n) is 7.37. The fourth-order valence-corrected chi connectivity index (χ4v) is 3.31. The van der Waals surface area contributed by atoms with E-state index in [1.165, 1.54) is 31.4 Å². The summed E-state index contributed by atoms with van der Waals surface area (Å²) in [6.07, 6.45) is 0.0868. The molecular weight excluding hydrogens is 465 g/mol. The van der Waals surface area contributed by atoms with E-state index in [0.29, 0.717) is 5.56 Å². The van der Waals surface area contributed by atoms with Crippen LogP contribution in [-0.4, -0.2) is 57.3 Å². The van der Waals surface area contributed by atoms with E-state index in [-0.39, 0.29) is 34.3 Å².